The molecule has 4 aromatic rings. The first-order chi connectivity index (χ1) is 18.3. The minimum Gasteiger partial charge on any atom is -0.298 e. The van der Waals surface area contributed by atoms with Gasteiger partial charge >= 0.3 is 11.7 Å². The molecule has 39 heavy (non-hydrogen) atoms. The average molecular weight is 585 g/mol. The molecule has 1 N–H and O–H groups in total. The average Bonchev–Trinajstić information content (AvgIpc) is 2.87. The van der Waals surface area contributed by atoms with Crippen LogP contribution in [0.4, 0.5) is 30.7 Å². The molecule has 0 spiro atoms. The Kier molecular flexibility index (Phi) is 8.58. The van der Waals surface area contributed by atoms with Crippen LogP contribution in [0.15, 0.2) is 96.0 Å². The van der Waals surface area contributed by atoms with Crippen molar-refractivity contribution in [1.82, 2.24) is 10.3 Å². The van der Waals surface area contributed by atoms with Crippen molar-refractivity contribution in [3.05, 3.63) is 130 Å². The minimum absolute atomic E-state index is 0.0129. The van der Waals surface area contributed by atoms with E-state index in [-0.39, 0.29) is 40.9 Å². The number of benzene rings is 3. The topological polar surface area (TPSA) is 24.9 Å². The predicted octanol–water partition coefficient (Wildman–Crippen LogP) is 8.78. The van der Waals surface area contributed by atoms with E-state index in [0.29, 0.717) is 16.7 Å². The van der Waals surface area contributed by atoms with Gasteiger partial charge in [0.1, 0.15) is 5.82 Å². The van der Waals surface area contributed by atoms with Crippen LogP contribution in [-0.2, 0) is 24.7 Å². The van der Waals surface area contributed by atoms with Crippen molar-refractivity contribution in [2.24, 2.45) is 0 Å². The molecule has 0 saturated carbocycles. The molecule has 1 heterocycles. The first-order valence-electron chi connectivity index (χ1n) is 11.5. The summed E-state index contributed by atoms with van der Waals surface area (Å²) < 4.78 is 94.0. The van der Waals surface area contributed by atoms with E-state index in [1.807, 2.05) is 0 Å². The lowest BCUT2D eigenvalue weighted by Gasteiger charge is -2.36. The quantitative estimate of drug-likeness (QED) is 0.165. The van der Waals surface area contributed by atoms with Crippen LogP contribution in [0.3, 0.4) is 0 Å². The standard InChI is InChI=1S/C28H20ClF7N2S/c29-22-8-11-25(37-17-22)26(15-18-4-2-1-3-5-18,20-12-21(27(31,32)33)14-23(30)13-20)38-16-19-6-9-24(10-7-19)39-28(34,35)36/h1-14,17,38H,15-16H2. The summed E-state index contributed by atoms with van der Waals surface area (Å²) in [6.45, 7) is 0.0198. The summed E-state index contributed by atoms with van der Waals surface area (Å²) in [6.07, 6.45) is -3.40. The van der Waals surface area contributed by atoms with Crippen LogP contribution in [-0.4, -0.2) is 10.5 Å². The molecule has 0 amide bonds. The molecule has 1 atom stereocenters. The Balaban J connectivity index is 1.83. The van der Waals surface area contributed by atoms with Crippen LogP contribution < -0.4 is 5.32 Å². The molecule has 0 saturated heterocycles. The van der Waals surface area contributed by atoms with Crippen molar-refractivity contribution in [1.29, 1.82) is 0 Å². The minimum atomic E-state index is -4.81. The van der Waals surface area contributed by atoms with Crippen LogP contribution in [0.1, 0.15) is 27.9 Å². The number of rotatable bonds is 8. The van der Waals surface area contributed by atoms with Crippen LogP contribution in [0, 0.1) is 5.82 Å². The number of pyridine rings is 1. The zero-order chi connectivity index (χ0) is 28.3. The summed E-state index contributed by atoms with van der Waals surface area (Å²) in [7, 11) is 0. The lowest BCUT2D eigenvalue weighted by Crippen LogP contribution is -2.46. The van der Waals surface area contributed by atoms with Crippen molar-refractivity contribution >= 4 is 23.4 Å². The Morgan fingerprint density at radius 1 is 0.769 bits per heavy atom. The second-order valence-corrected chi connectivity index (χ2v) is 10.3. The number of thioether (sulfide) groups is 1. The van der Waals surface area contributed by atoms with Gasteiger partial charge in [-0.25, -0.2) is 4.39 Å². The van der Waals surface area contributed by atoms with E-state index in [2.05, 4.69) is 10.3 Å². The zero-order valence-electron chi connectivity index (χ0n) is 20.0. The monoisotopic (exact) mass is 584 g/mol. The second-order valence-electron chi connectivity index (χ2n) is 8.70. The molecule has 0 aliphatic carbocycles. The molecule has 0 bridgehead atoms. The van der Waals surface area contributed by atoms with Crippen molar-refractivity contribution in [2.45, 2.75) is 35.1 Å². The first kappa shape index (κ1) is 28.9. The van der Waals surface area contributed by atoms with Gasteiger partial charge in [0.15, 0.2) is 0 Å². The molecule has 1 aromatic heterocycles. The van der Waals surface area contributed by atoms with E-state index in [1.54, 1.807) is 36.4 Å². The summed E-state index contributed by atoms with van der Waals surface area (Å²) in [5.41, 5.74) is -5.57. The van der Waals surface area contributed by atoms with Crippen LogP contribution in [0.5, 0.6) is 0 Å². The number of hydrogen-bond acceptors (Lipinski definition) is 3. The lowest BCUT2D eigenvalue weighted by molar-refractivity contribution is -0.137. The second kappa shape index (κ2) is 11.6. The van der Waals surface area contributed by atoms with Gasteiger partial charge in [-0.3, -0.25) is 10.3 Å². The van der Waals surface area contributed by atoms with Crippen molar-refractivity contribution in [2.75, 3.05) is 0 Å². The Morgan fingerprint density at radius 2 is 1.44 bits per heavy atom. The van der Waals surface area contributed by atoms with Gasteiger partial charge < -0.3 is 0 Å². The van der Waals surface area contributed by atoms with Gasteiger partial charge in [-0.2, -0.15) is 26.3 Å². The highest BCUT2D eigenvalue weighted by Gasteiger charge is 2.39. The Hall–Kier alpha value is -3.08. The maximum absolute atomic E-state index is 14.7. The van der Waals surface area contributed by atoms with Gasteiger partial charge in [0.05, 0.1) is 21.8 Å². The number of aromatic nitrogens is 1. The highest BCUT2D eigenvalue weighted by atomic mass is 35.5. The summed E-state index contributed by atoms with van der Waals surface area (Å²) in [4.78, 5) is 4.37. The Labute approximate surface area is 229 Å². The van der Waals surface area contributed by atoms with Crippen molar-refractivity contribution in [3.63, 3.8) is 0 Å². The van der Waals surface area contributed by atoms with Crippen molar-refractivity contribution < 1.29 is 30.7 Å². The Bertz CT molecular complexity index is 1390. The van der Waals surface area contributed by atoms with E-state index in [4.69, 9.17) is 11.6 Å². The lowest BCUT2D eigenvalue weighted by atomic mass is 9.79. The Morgan fingerprint density at radius 3 is 2.03 bits per heavy atom. The van der Waals surface area contributed by atoms with Gasteiger partial charge in [-0.05, 0) is 70.9 Å². The number of alkyl halides is 6. The zero-order valence-corrected chi connectivity index (χ0v) is 21.5. The molecule has 3 aromatic carbocycles. The van der Waals surface area contributed by atoms with Gasteiger partial charge in [-0.1, -0.05) is 54.1 Å². The van der Waals surface area contributed by atoms with Crippen molar-refractivity contribution in [3.8, 4) is 0 Å². The molecule has 1 unspecified atom stereocenters. The van der Waals surface area contributed by atoms with Gasteiger partial charge in [0, 0.05) is 24.1 Å². The summed E-state index contributed by atoms with van der Waals surface area (Å²) in [5.74, 6) is -1.08. The third-order valence-electron chi connectivity index (χ3n) is 5.95. The van der Waals surface area contributed by atoms with Gasteiger partial charge in [0.25, 0.3) is 0 Å². The largest absolute Gasteiger partial charge is 0.446 e. The predicted molar refractivity (Wildman–Crippen MR) is 137 cm³/mol. The smallest absolute Gasteiger partial charge is 0.298 e. The third-order valence-corrected chi connectivity index (χ3v) is 6.91. The first-order valence-corrected chi connectivity index (χ1v) is 12.7. The fourth-order valence-electron chi connectivity index (χ4n) is 4.19. The number of nitrogens with zero attached hydrogens (tertiary/aromatic N) is 1. The summed E-state index contributed by atoms with van der Waals surface area (Å²) in [6, 6.07) is 19.8. The van der Waals surface area contributed by atoms with Crippen LogP contribution in [0.2, 0.25) is 5.02 Å². The van der Waals surface area contributed by atoms with E-state index < -0.39 is 28.6 Å². The SMILES string of the molecule is Fc1cc(C(F)(F)F)cc(C(Cc2ccccc2)(NCc2ccc(SC(F)(F)F)cc2)c2ccc(Cl)cn2)c1. The molecule has 4 rings (SSSR count). The highest BCUT2D eigenvalue weighted by Crippen LogP contribution is 2.39. The molecule has 0 aliphatic heterocycles. The van der Waals surface area contributed by atoms with E-state index in [9.17, 15) is 30.7 Å². The summed E-state index contributed by atoms with van der Waals surface area (Å²) >= 11 is 5.78. The molecular formula is C28H20ClF7N2S. The van der Waals surface area contributed by atoms with Gasteiger partial charge in [0.2, 0.25) is 0 Å². The van der Waals surface area contributed by atoms with E-state index in [0.717, 1.165) is 17.7 Å². The maximum Gasteiger partial charge on any atom is 0.446 e. The van der Waals surface area contributed by atoms with Crippen LogP contribution >= 0.6 is 23.4 Å². The van der Waals surface area contributed by atoms with E-state index in [1.165, 1.54) is 36.5 Å². The molecule has 11 heteroatoms. The molecule has 0 radical (unpaired) electrons. The normalized spacial score (nSPS) is 13.7. The number of nitrogens with one attached hydrogen (secondary N) is 1. The molecule has 0 aliphatic rings. The fourth-order valence-corrected chi connectivity index (χ4v) is 4.84. The fraction of sp³-hybridized carbons (Fsp3) is 0.179. The third kappa shape index (κ3) is 7.52. The molecule has 0 fully saturated rings. The number of halogens is 8. The molecule has 2 nitrogen and oxygen atoms in total. The summed E-state index contributed by atoms with van der Waals surface area (Å²) in [5, 5.41) is 3.55. The van der Waals surface area contributed by atoms with Crippen LogP contribution in [0.25, 0.3) is 0 Å². The molecule has 204 valence electrons. The maximum atomic E-state index is 14.7. The molecular weight excluding hydrogens is 565 g/mol. The number of hydrogen-bond donors (Lipinski definition) is 1. The van der Waals surface area contributed by atoms with Gasteiger partial charge in [-0.15, -0.1) is 0 Å². The highest BCUT2D eigenvalue weighted by molar-refractivity contribution is 8.00. The van der Waals surface area contributed by atoms with E-state index >= 15 is 0 Å².